The molecule has 0 saturated heterocycles. The molecule has 2 rings (SSSR count). The highest BCUT2D eigenvalue weighted by Crippen LogP contribution is 2.25. The van der Waals surface area contributed by atoms with E-state index in [0.717, 1.165) is 40.3 Å². The molecule has 0 fully saturated rings. The minimum atomic E-state index is -0.254. The minimum Gasteiger partial charge on any atom is -0.494 e. The summed E-state index contributed by atoms with van der Waals surface area (Å²) in [6.45, 7) is 11.2. The summed E-state index contributed by atoms with van der Waals surface area (Å²) in [5.74, 6) is 1.41. The first kappa shape index (κ1) is 20.5. The van der Waals surface area contributed by atoms with E-state index in [9.17, 15) is 4.79 Å². The first-order valence-electron chi connectivity index (χ1n) is 9.28. The lowest BCUT2D eigenvalue weighted by molar-refractivity contribution is 0.0955. The van der Waals surface area contributed by atoms with Crippen molar-refractivity contribution in [2.75, 3.05) is 13.2 Å². The van der Waals surface area contributed by atoms with Gasteiger partial charge < -0.3 is 9.47 Å². The van der Waals surface area contributed by atoms with Crippen LogP contribution in [0.25, 0.3) is 0 Å². The third-order valence-corrected chi connectivity index (χ3v) is 4.08. The second kappa shape index (κ2) is 9.76. The van der Waals surface area contributed by atoms with Crippen molar-refractivity contribution in [2.24, 2.45) is 5.10 Å². The van der Waals surface area contributed by atoms with Crippen LogP contribution in [-0.4, -0.2) is 24.8 Å². The summed E-state index contributed by atoms with van der Waals surface area (Å²) in [5.41, 5.74) is 6.95. The van der Waals surface area contributed by atoms with Crippen molar-refractivity contribution in [1.29, 1.82) is 0 Å². The highest BCUT2D eigenvalue weighted by molar-refractivity contribution is 6.01. The van der Waals surface area contributed by atoms with Gasteiger partial charge in [0.05, 0.1) is 18.9 Å². The Morgan fingerprint density at radius 3 is 2.19 bits per heavy atom. The molecular weight excluding hydrogens is 340 g/mol. The molecule has 1 amide bonds. The molecule has 0 unspecified atom stereocenters. The van der Waals surface area contributed by atoms with Crippen LogP contribution >= 0.6 is 0 Å². The van der Waals surface area contributed by atoms with Crippen molar-refractivity contribution in [1.82, 2.24) is 5.43 Å². The number of hydrazone groups is 1. The van der Waals surface area contributed by atoms with Crippen molar-refractivity contribution in [3.8, 4) is 11.5 Å². The highest BCUT2D eigenvalue weighted by Gasteiger charge is 2.09. The number of hydrogen-bond donors (Lipinski definition) is 1. The fourth-order valence-corrected chi connectivity index (χ4v) is 2.72. The maximum absolute atomic E-state index is 12.3. The van der Waals surface area contributed by atoms with E-state index in [1.807, 2.05) is 39.8 Å². The molecule has 0 aliphatic carbocycles. The van der Waals surface area contributed by atoms with Crippen LogP contribution in [0, 0.1) is 13.8 Å². The van der Waals surface area contributed by atoms with Gasteiger partial charge >= 0.3 is 0 Å². The Hall–Kier alpha value is -2.82. The lowest BCUT2D eigenvalue weighted by Gasteiger charge is -2.13. The van der Waals surface area contributed by atoms with Gasteiger partial charge in [-0.15, -0.1) is 0 Å². The summed E-state index contributed by atoms with van der Waals surface area (Å²) >= 11 is 0. The number of benzene rings is 2. The summed E-state index contributed by atoms with van der Waals surface area (Å²) in [6.07, 6.45) is 0.945. The van der Waals surface area contributed by atoms with Gasteiger partial charge in [0.2, 0.25) is 0 Å². The molecule has 0 atom stereocenters. The van der Waals surface area contributed by atoms with Gasteiger partial charge in [-0.1, -0.05) is 6.92 Å². The number of carbonyl (C=O) groups is 1. The Bertz CT molecular complexity index is 788. The van der Waals surface area contributed by atoms with Crippen molar-refractivity contribution in [2.45, 2.75) is 41.0 Å². The second-order valence-electron chi connectivity index (χ2n) is 6.38. The molecule has 27 heavy (non-hydrogen) atoms. The van der Waals surface area contributed by atoms with Crippen LogP contribution in [-0.2, 0) is 0 Å². The van der Waals surface area contributed by atoms with Gasteiger partial charge in [-0.25, -0.2) is 5.43 Å². The van der Waals surface area contributed by atoms with E-state index in [1.54, 1.807) is 24.3 Å². The molecular formula is C22H28N2O3. The Morgan fingerprint density at radius 1 is 1.00 bits per heavy atom. The van der Waals surface area contributed by atoms with Gasteiger partial charge in [-0.05, 0) is 87.2 Å². The minimum absolute atomic E-state index is 0.254. The normalized spacial score (nSPS) is 11.2. The third-order valence-electron chi connectivity index (χ3n) is 4.08. The summed E-state index contributed by atoms with van der Waals surface area (Å²) in [4.78, 5) is 12.3. The number of hydrogen-bond acceptors (Lipinski definition) is 4. The molecule has 0 heterocycles. The molecule has 144 valence electrons. The molecule has 0 radical (unpaired) electrons. The summed E-state index contributed by atoms with van der Waals surface area (Å²) in [5, 5.41) is 4.25. The average molecular weight is 368 g/mol. The number of rotatable bonds is 8. The van der Waals surface area contributed by atoms with Crippen LogP contribution in [0.5, 0.6) is 11.5 Å². The number of carbonyl (C=O) groups excluding carboxylic acids is 1. The molecule has 0 aromatic heterocycles. The predicted octanol–water partition coefficient (Wildman–Crippen LogP) is 4.64. The maximum atomic E-state index is 12.3. The van der Waals surface area contributed by atoms with Crippen LogP contribution in [0.3, 0.4) is 0 Å². The smallest absolute Gasteiger partial charge is 0.271 e. The molecule has 0 aliphatic rings. The second-order valence-corrected chi connectivity index (χ2v) is 6.38. The van der Waals surface area contributed by atoms with E-state index in [0.29, 0.717) is 18.8 Å². The summed E-state index contributed by atoms with van der Waals surface area (Å²) in [6, 6.07) is 11.1. The first-order valence-corrected chi connectivity index (χ1v) is 9.28. The summed E-state index contributed by atoms with van der Waals surface area (Å²) in [7, 11) is 0. The number of nitrogens with zero attached hydrogens (tertiary/aromatic N) is 1. The Morgan fingerprint density at radius 2 is 1.63 bits per heavy atom. The fraction of sp³-hybridized carbons (Fsp3) is 0.364. The predicted molar refractivity (Wildman–Crippen MR) is 109 cm³/mol. The van der Waals surface area contributed by atoms with Crippen molar-refractivity contribution in [3.63, 3.8) is 0 Å². The number of amides is 1. The van der Waals surface area contributed by atoms with E-state index in [1.165, 1.54) is 0 Å². The molecule has 0 spiro atoms. The molecule has 5 heteroatoms. The molecule has 0 saturated carbocycles. The van der Waals surface area contributed by atoms with Gasteiger partial charge in [0.1, 0.15) is 11.5 Å². The lowest BCUT2D eigenvalue weighted by Crippen LogP contribution is -2.19. The van der Waals surface area contributed by atoms with Gasteiger partial charge in [-0.3, -0.25) is 4.79 Å². The van der Waals surface area contributed by atoms with Gasteiger partial charge in [-0.2, -0.15) is 5.10 Å². The monoisotopic (exact) mass is 368 g/mol. The third kappa shape index (κ3) is 5.58. The lowest BCUT2D eigenvalue weighted by atomic mass is 10.0. The number of aryl methyl sites for hydroxylation is 2. The number of nitrogens with one attached hydrogen (secondary N) is 1. The molecule has 1 N–H and O–H groups in total. The van der Waals surface area contributed by atoms with Gasteiger partial charge in [0.15, 0.2) is 0 Å². The van der Waals surface area contributed by atoms with E-state index < -0.39 is 0 Å². The summed E-state index contributed by atoms with van der Waals surface area (Å²) < 4.78 is 11.2. The maximum Gasteiger partial charge on any atom is 0.271 e. The average Bonchev–Trinajstić information content (AvgIpc) is 2.67. The van der Waals surface area contributed by atoms with Crippen molar-refractivity contribution < 1.29 is 14.3 Å². The molecule has 2 aromatic rings. The standard InChI is InChI=1S/C22H28N2O3/c1-6-12-27-20-10-8-18(9-11-20)22(25)24-23-17(5)19-13-15(3)21(26-7-2)16(4)14-19/h8-11,13-14H,6-7,12H2,1-5H3,(H,24,25)/b23-17+. The Balaban J connectivity index is 2.07. The zero-order valence-corrected chi connectivity index (χ0v) is 16.8. The molecule has 2 aromatic carbocycles. The van der Waals surface area contributed by atoms with Crippen LogP contribution in [0.15, 0.2) is 41.5 Å². The zero-order valence-electron chi connectivity index (χ0n) is 16.8. The zero-order chi connectivity index (χ0) is 19.8. The van der Waals surface area contributed by atoms with Crippen molar-refractivity contribution in [3.05, 3.63) is 58.7 Å². The number of ether oxygens (including phenoxy) is 2. The van der Waals surface area contributed by atoms with E-state index in [-0.39, 0.29) is 5.91 Å². The van der Waals surface area contributed by atoms with Gasteiger partial charge in [0, 0.05) is 5.56 Å². The van der Waals surface area contributed by atoms with Crippen LogP contribution < -0.4 is 14.9 Å². The van der Waals surface area contributed by atoms with E-state index in [4.69, 9.17) is 9.47 Å². The van der Waals surface area contributed by atoms with Gasteiger partial charge in [0.25, 0.3) is 5.91 Å². The Kier molecular flexibility index (Phi) is 7.41. The van der Waals surface area contributed by atoms with Crippen LogP contribution in [0.1, 0.15) is 54.2 Å². The molecule has 5 nitrogen and oxygen atoms in total. The van der Waals surface area contributed by atoms with Crippen LogP contribution in [0.4, 0.5) is 0 Å². The largest absolute Gasteiger partial charge is 0.494 e. The first-order chi connectivity index (χ1) is 13.0. The van der Waals surface area contributed by atoms with Crippen molar-refractivity contribution >= 4 is 11.6 Å². The highest BCUT2D eigenvalue weighted by atomic mass is 16.5. The SMILES string of the molecule is CCCOc1ccc(C(=O)N/N=C(\C)c2cc(C)c(OCC)c(C)c2)cc1. The van der Waals surface area contributed by atoms with E-state index in [2.05, 4.69) is 17.5 Å². The van der Waals surface area contributed by atoms with E-state index >= 15 is 0 Å². The fourth-order valence-electron chi connectivity index (χ4n) is 2.72. The quantitative estimate of drug-likeness (QED) is 0.545. The Labute approximate surface area is 161 Å². The van der Waals surface area contributed by atoms with Crippen LogP contribution in [0.2, 0.25) is 0 Å². The topological polar surface area (TPSA) is 59.9 Å². The molecule has 0 bridgehead atoms. The molecule has 0 aliphatic heterocycles.